The van der Waals surface area contributed by atoms with Crippen LogP contribution in [-0.2, 0) is 0 Å². The summed E-state index contributed by atoms with van der Waals surface area (Å²) in [6, 6.07) is 9.61. The Hall–Kier alpha value is -1.22. The minimum atomic E-state index is 0.229. The van der Waals surface area contributed by atoms with Gasteiger partial charge in [0.05, 0.1) is 6.10 Å². The Morgan fingerprint density at radius 2 is 1.89 bits per heavy atom. The highest BCUT2D eigenvalue weighted by molar-refractivity contribution is 5.50. The second kappa shape index (κ2) is 6.29. The van der Waals surface area contributed by atoms with Crippen molar-refractivity contribution in [3.05, 3.63) is 24.3 Å². The highest BCUT2D eigenvalue weighted by Gasteiger charge is 2.20. The van der Waals surface area contributed by atoms with Gasteiger partial charge in [0.15, 0.2) is 0 Å². The van der Waals surface area contributed by atoms with Gasteiger partial charge in [-0.3, -0.25) is 0 Å². The van der Waals surface area contributed by atoms with Crippen molar-refractivity contribution in [3.8, 4) is 5.75 Å². The lowest BCUT2D eigenvalue weighted by Crippen LogP contribution is -2.38. The van der Waals surface area contributed by atoms with E-state index >= 15 is 0 Å². The van der Waals surface area contributed by atoms with Gasteiger partial charge in [0.25, 0.3) is 0 Å². The van der Waals surface area contributed by atoms with Crippen molar-refractivity contribution in [1.29, 1.82) is 0 Å². The number of hydrogen-bond donors (Lipinski definition) is 1. The van der Waals surface area contributed by atoms with Crippen molar-refractivity contribution in [2.24, 2.45) is 0 Å². The third-order valence-electron chi connectivity index (χ3n) is 3.60. The molecule has 0 aliphatic carbocycles. The number of benzene rings is 1. The Labute approximate surface area is 116 Å². The van der Waals surface area contributed by atoms with Gasteiger partial charge in [-0.15, -0.1) is 0 Å². The van der Waals surface area contributed by atoms with E-state index in [1.165, 1.54) is 12.1 Å². The minimum Gasteiger partial charge on any atom is -0.491 e. The highest BCUT2D eigenvalue weighted by atomic mass is 16.5. The van der Waals surface area contributed by atoms with Crippen molar-refractivity contribution < 1.29 is 4.74 Å². The van der Waals surface area contributed by atoms with E-state index in [4.69, 9.17) is 4.74 Å². The predicted molar refractivity (Wildman–Crippen MR) is 81.1 cm³/mol. The van der Waals surface area contributed by atoms with Crippen LogP contribution in [0.2, 0.25) is 0 Å². The van der Waals surface area contributed by atoms with Crippen LogP contribution in [0.1, 0.15) is 34.1 Å². The van der Waals surface area contributed by atoms with Gasteiger partial charge in [0.1, 0.15) is 5.75 Å². The van der Waals surface area contributed by atoms with E-state index < -0.39 is 0 Å². The molecule has 2 atom stereocenters. The Morgan fingerprint density at radius 1 is 1.21 bits per heavy atom. The molecule has 1 aromatic carbocycles. The number of rotatable bonds is 3. The molecule has 1 aliphatic rings. The summed E-state index contributed by atoms with van der Waals surface area (Å²) in [7, 11) is 0. The Kier molecular flexibility index (Phi) is 4.70. The molecular weight excluding hydrogens is 236 g/mol. The van der Waals surface area contributed by atoms with Crippen LogP contribution in [0.5, 0.6) is 5.75 Å². The molecule has 1 aromatic rings. The molecule has 2 rings (SSSR count). The van der Waals surface area contributed by atoms with Crippen LogP contribution in [0.4, 0.5) is 5.69 Å². The van der Waals surface area contributed by atoms with E-state index in [2.05, 4.69) is 62.2 Å². The van der Waals surface area contributed by atoms with Gasteiger partial charge in [-0.1, -0.05) is 0 Å². The standard InChI is InChI=1S/C16H26N2O/c1-12(2)19-16-7-5-15(6-8-16)18-11-13(3)17-10-9-14(18)4/h5-8,12-14,17H,9-11H2,1-4H3. The van der Waals surface area contributed by atoms with E-state index in [1.54, 1.807) is 0 Å². The number of anilines is 1. The fourth-order valence-electron chi connectivity index (χ4n) is 2.58. The molecule has 1 N–H and O–H groups in total. The van der Waals surface area contributed by atoms with Crippen LogP contribution in [0, 0.1) is 0 Å². The maximum atomic E-state index is 5.70. The third-order valence-corrected chi connectivity index (χ3v) is 3.60. The Morgan fingerprint density at radius 3 is 2.53 bits per heavy atom. The van der Waals surface area contributed by atoms with Crippen LogP contribution in [0.25, 0.3) is 0 Å². The first kappa shape index (κ1) is 14.2. The first-order valence-electron chi connectivity index (χ1n) is 7.33. The smallest absolute Gasteiger partial charge is 0.119 e. The molecule has 1 fully saturated rings. The molecule has 2 unspecified atom stereocenters. The molecule has 3 nitrogen and oxygen atoms in total. The largest absolute Gasteiger partial charge is 0.491 e. The summed E-state index contributed by atoms with van der Waals surface area (Å²) in [6.45, 7) is 10.8. The van der Waals surface area contributed by atoms with Gasteiger partial charge >= 0.3 is 0 Å². The van der Waals surface area contributed by atoms with Gasteiger partial charge in [-0.25, -0.2) is 0 Å². The molecule has 0 aromatic heterocycles. The molecule has 19 heavy (non-hydrogen) atoms. The van der Waals surface area contributed by atoms with Crippen molar-refractivity contribution in [2.75, 3.05) is 18.0 Å². The maximum absolute atomic E-state index is 5.70. The normalized spacial score (nSPS) is 24.4. The van der Waals surface area contributed by atoms with Crippen molar-refractivity contribution >= 4 is 5.69 Å². The molecule has 0 spiro atoms. The third kappa shape index (κ3) is 3.87. The lowest BCUT2D eigenvalue weighted by Gasteiger charge is -2.30. The number of hydrogen-bond acceptors (Lipinski definition) is 3. The maximum Gasteiger partial charge on any atom is 0.119 e. The van der Waals surface area contributed by atoms with Crippen molar-refractivity contribution in [3.63, 3.8) is 0 Å². The van der Waals surface area contributed by atoms with Crippen molar-refractivity contribution in [1.82, 2.24) is 5.32 Å². The van der Waals surface area contributed by atoms with E-state index in [-0.39, 0.29) is 6.10 Å². The van der Waals surface area contributed by atoms with Crippen LogP contribution in [-0.4, -0.2) is 31.3 Å². The van der Waals surface area contributed by atoms with E-state index in [0.717, 1.165) is 18.8 Å². The molecule has 106 valence electrons. The molecule has 0 amide bonds. The number of ether oxygens (including phenoxy) is 1. The van der Waals surface area contributed by atoms with E-state index in [9.17, 15) is 0 Å². The summed E-state index contributed by atoms with van der Waals surface area (Å²) in [6.07, 6.45) is 1.42. The van der Waals surface area contributed by atoms with E-state index in [1.807, 2.05) is 0 Å². The topological polar surface area (TPSA) is 24.5 Å². The fourth-order valence-corrected chi connectivity index (χ4v) is 2.58. The molecule has 1 saturated heterocycles. The van der Waals surface area contributed by atoms with Crippen LogP contribution >= 0.6 is 0 Å². The van der Waals surface area contributed by atoms with Crippen LogP contribution < -0.4 is 15.0 Å². The number of nitrogens with one attached hydrogen (secondary N) is 1. The van der Waals surface area contributed by atoms with Gasteiger partial charge < -0.3 is 15.0 Å². The highest BCUT2D eigenvalue weighted by Crippen LogP contribution is 2.24. The molecule has 3 heteroatoms. The average Bonchev–Trinajstić information content (AvgIpc) is 2.52. The fraction of sp³-hybridized carbons (Fsp3) is 0.625. The second-order valence-electron chi connectivity index (χ2n) is 5.81. The molecule has 1 aliphatic heterocycles. The summed E-state index contributed by atoms with van der Waals surface area (Å²) in [5, 5.41) is 3.55. The molecule has 1 heterocycles. The minimum absolute atomic E-state index is 0.229. The van der Waals surface area contributed by atoms with Gasteiger partial charge in [-0.2, -0.15) is 0 Å². The zero-order chi connectivity index (χ0) is 13.8. The summed E-state index contributed by atoms with van der Waals surface area (Å²) >= 11 is 0. The van der Waals surface area contributed by atoms with Crippen LogP contribution in [0.3, 0.4) is 0 Å². The Balaban J connectivity index is 2.11. The predicted octanol–water partition coefficient (Wildman–Crippen LogP) is 3.05. The lowest BCUT2D eigenvalue weighted by molar-refractivity contribution is 0.242. The zero-order valence-corrected chi connectivity index (χ0v) is 12.5. The SMILES string of the molecule is CC1CN(c2ccc(OC(C)C)cc2)C(C)CCN1. The summed E-state index contributed by atoms with van der Waals surface area (Å²) in [5.41, 5.74) is 1.29. The molecular formula is C16H26N2O. The number of nitrogens with zero attached hydrogens (tertiary/aromatic N) is 1. The van der Waals surface area contributed by atoms with Crippen LogP contribution in [0.15, 0.2) is 24.3 Å². The van der Waals surface area contributed by atoms with Crippen molar-refractivity contribution in [2.45, 2.75) is 52.3 Å². The summed E-state index contributed by atoms with van der Waals surface area (Å²) in [5.74, 6) is 0.951. The molecule has 0 saturated carbocycles. The average molecular weight is 262 g/mol. The molecule has 0 radical (unpaired) electrons. The zero-order valence-electron chi connectivity index (χ0n) is 12.5. The molecule has 0 bridgehead atoms. The second-order valence-corrected chi connectivity index (χ2v) is 5.81. The summed E-state index contributed by atoms with van der Waals surface area (Å²) in [4.78, 5) is 2.49. The Bertz CT molecular complexity index is 388. The van der Waals surface area contributed by atoms with E-state index in [0.29, 0.717) is 12.1 Å². The van der Waals surface area contributed by atoms with Gasteiger partial charge in [0, 0.05) is 24.3 Å². The monoisotopic (exact) mass is 262 g/mol. The first-order chi connectivity index (χ1) is 9.06. The van der Waals surface area contributed by atoms with Gasteiger partial charge in [-0.05, 0) is 64.9 Å². The quantitative estimate of drug-likeness (QED) is 0.906. The summed E-state index contributed by atoms with van der Waals surface area (Å²) < 4.78 is 5.70. The lowest BCUT2D eigenvalue weighted by atomic mass is 10.1. The van der Waals surface area contributed by atoms with Gasteiger partial charge in [0.2, 0.25) is 0 Å². The first-order valence-corrected chi connectivity index (χ1v) is 7.33.